The summed E-state index contributed by atoms with van der Waals surface area (Å²) < 4.78 is 0. The second-order valence-electron chi connectivity index (χ2n) is 6.37. The van der Waals surface area contributed by atoms with Crippen LogP contribution in [0.25, 0.3) is 0 Å². The molecule has 1 fully saturated rings. The molecule has 0 radical (unpaired) electrons. The first-order valence-corrected chi connectivity index (χ1v) is 7.92. The number of hydrogen-bond donors (Lipinski definition) is 0. The Morgan fingerprint density at radius 2 is 1.65 bits per heavy atom. The van der Waals surface area contributed by atoms with Gasteiger partial charge in [0.2, 0.25) is 0 Å². The summed E-state index contributed by atoms with van der Waals surface area (Å²) in [7, 11) is 0. The van der Waals surface area contributed by atoms with Crippen molar-refractivity contribution in [1.29, 1.82) is 0 Å². The normalized spacial score (nSPS) is 34.8. The molecule has 0 aromatic heterocycles. The first kappa shape index (κ1) is 13.6. The molecule has 0 saturated heterocycles. The highest BCUT2D eigenvalue weighted by atomic mass is 16.2. The average molecular weight is 273 g/mol. The first-order chi connectivity index (χ1) is 9.70. The van der Waals surface area contributed by atoms with Crippen LogP contribution in [0, 0.1) is 23.7 Å². The van der Waals surface area contributed by atoms with Gasteiger partial charge < -0.3 is 0 Å². The van der Waals surface area contributed by atoms with Gasteiger partial charge in [0.1, 0.15) is 0 Å². The number of fused-ring (bicyclic) bond motifs is 2. The number of imide groups is 1. The fourth-order valence-corrected chi connectivity index (χ4v) is 4.35. The van der Waals surface area contributed by atoms with Crippen LogP contribution in [0.2, 0.25) is 0 Å². The van der Waals surface area contributed by atoms with Crippen LogP contribution in [-0.4, -0.2) is 23.3 Å². The number of allylic oxidation sites excluding steroid dienone is 2. The van der Waals surface area contributed by atoms with Gasteiger partial charge in [-0.2, -0.15) is 0 Å². The molecule has 108 valence electrons. The molecule has 0 aromatic rings. The van der Waals surface area contributed by atoms with E-state index in [2.05, 4.69) is 19.1 Å². The quantitative estimate of drug-likeness (QED) is 0.551. The summed E-state index contributed by atoms with van der Waals surface area (Å²) in [6.07, 6.45) is 13.6. The van der Waals surface area contributed by atoms with E-state index in [0.717, 1.165) is 36.5 Å². The Morgan fingerprint density at radius 3 is 2.25 bits per heavy atom. The van der Waals surface area contributed by atoms with Crippen LogP contribution in [0.5, 0.6) is 0 Å². The van der Waals surface area contributed by atoms with E-state index in [1.54, 1.807) is 0 Å². The van der Waals surface area contributed by atoms with E-state index in [-0.39, 0.29) is 11.8 Å². The minimum Gasteiger partial charge on any atom is -0.275 e. The van der Waals surface area contributed by atoms with Gasteiger partial charge in [-0.1, -0.05) is 25.5 Å². The van der Waals surface area contributed by atoms with Crippen molar-refractivity contribution in [3.8, 4) is 0 Å². The summed E-state index contributed by atoms with van der Waals surface area (Å²) >= 11 is 0. The standard InChI is InChI=1S/C17H23NO2/c1-2-4-14-12-6-7-13(11-12)15(14)5-3-10-18-16(19)8-9-17(18)20/h6-9,12-15H,2-5,10-11H2,1H3. The second kappa shape index (κ2) is 5.55. The van der Waals surface area contributed by atoms with Gasteiger partial charge in [0.05, 0.1) is 0 Å². The molecule has 4 unspecified atom stereocenters. The molecule has 0 N–H and O–H groups in total. The van der Waals surface area contributed by atoms with Gasteiger partial charge in [-0.15, -0.1) is 0 Å². The molecule has 2 aliphatic carbocycles. The fraction of sp³-hybridized carbons (Fsp3) is 0.647. The van der Waals surface area contributed by atoms with Crippen molar-refractivity contribution >= 4 is 11.8 Å². The maximum Gasteiger partial charge on any atom is 0.253 e. The molecule has 3 aliphatic rings. The van der Waals surface area contributed by atoms with Crippen LogP contribution in [-0.2, 0) is 9.59 Å². The van der Waals surface area contributed by atoms with Crippen LogP contribution < -0.4 is 0 Å². The van der Waals surface area contributed by atoms with Gasteiger partial charge in [-0.3, -0.25) is 14.5 Å². The Labute approximate surface area is 120 Å². The van der Waals surface area contributed by atoms with Crippen molar-refractivity contribution < 1.29 is 9.59 Å². The van der Waals surface area contributed by atoms with Gasteiger partial charge in [0.25, 0.3) is 11.8 Å². The Hall–Kier alpha value is -1.38. The lowest BCUT2D eigenvalue weighted by molar-refractivity contribution is -0.136. The lowest BCUT2D eigenvalue weighted by atomic mass is 9.78. The van der Waals surface area contributed by atoms with Crippen molar-refractivity contribution in [2.75, 3.05) is 6.54 Å². The molecular weight excluding hydrogens is 250 g/mol. The van der Waals surface area contributed by atoms with E-state index in [9.17, 15) is 9.59 Å². The summed E-state index contributed by atoms with van der Waals surface area (Å²) in [4.78, 5) is 24.4. The molecule has 1 aliphatic heterocycles. The lowest BCUT2D eigenvalue weighted by Crippen LogP contribution is -2.31. The average Bonchev–Trinajstić information content (AvgIpc) is 3.10. The molecule has 3 nitrogen and oxygen atoms in total. The van der Waals surface area contributed by atoms with Gasteiger partial charge in [0, 0.05) is 18.7 Å². The third kappa shape index (κ3) is 2.34. The molecular formula is C17H23NO2. The highest BCUT2D eigenvalue weighted by Gasteiger charge is 2.43. The summed E-state index contributed by atoms with van der Waals surface area (Å²) in [6.45, 7) is 2.85. The van der Waals surface area contributed by atoms with Crippen LogP contribution in [0.15, 0.2) is 24.3 Å². The topological polar surface area (TPSA) is 37.4 Å². The Morgan fingerprint density at radius 1 is 1.05 bits per heavy atom. The zero-order valence-corrected chi connectivity index (χ0v) is 12.1. The van der Waals surface area contributed by atoms with Gasteiger partial charge in [-0.05, 0) is 49.4 Å². The third-order valence-electron chi connectivity index (χ3n) is 5.24. The molecule has 2 amide bonds. The van der Waals surface area contributed by atoms with Crippen LogP contribution in [0.1, 0.15) is 39.0 Å². The number of rotatable bonds is 6. The van der Waals surface area contributed by atoms with E-state index < -0.39 is 0 Å². The molecule has 1 heterocycles. The maximum atomic E-state index is 11.5. The fourth-order valence-electron chi connectivity index (χ4n) is 4.35. The molecule has 20 heavy (non-hydrogen) atoms. The van der Waals surface area contributed by atoms with Crippen molar-refractivity contribution in [2.24, 2.45) is 23.7 Å². The minimum atomic E-state index is -0.145. The van der Waals surface area contributed by atoms with Gasteiger partial charge in [-0.25, -0.2) is 0 Å². The number of nitrogens with zero attached hydrogens (tertiary/aromatic N) is 1. The Bertz CT molecular complexity index is 448. The molecule has 0 spiro atoms. The zero-order valence-electron chi connectivity index (χ0n) is 12.1. The molecule has 4 atom stereocenters. The predicted molar refractivity (Wildman–Crippen MR) is 77.7 cm³/mol. The molecule has 2 bridgehead atoms. The number of carbonyl (C=O) groups excluding carboxylic acids is 2. The van der Waals surface area contributed by atoms with Crippen LogP contribution in [0.3, 0.4) is 0 Å². The first-order valence-electron chi connectivity index (χ1n) is 7.92. The summed E-state index contributed by atoms with van der Waals surface area (Å²) in [5.74, 6) is 2.85. The smallest absolute Gasteiger partial charge is 0.253 e. The van der Waals surface area contributed by atoms with E-state index in [4.69, 9.17) is 0 Å². The summed E-state index contributed by atoms with van der Waals surface area (Å²) in [5.41, 5.74) is 0. The highest BCUT2D eigenvalue weighted by molar-refractivity contribution is 6.12. The molecule has 3 heteroatoms. The number of amides is 2. The monoisotopic (exact) mass is 273 g/mol. The van der Waals surface area contributed by atoms with E-state index in [1.807, 2.05) is 0 Å². The van der Waals surface area contributed by atoms with Crippen molar-refractivity contribution in [2.45, 2.75) is 39.0 Å². The summed E-state index contributed by atoms with van der Waals surface area (Å²) in [6, 6.07) is 0. The Balaban J connectivity index is 1.52. The predicted octanol–water partition coefficient (Wildman–Crippen LogP) is 2.93. The summed E-state index contributed by atoms with van der Waals surface area (Å²) in [5, 5.41) is 0. The molecule has 0 aromatic carbocycles. The van der Waals surface area contributed by atoms with Crippen molar-refractivity contribution in [3.05, 3.63) is 24.3 Å². The van der Waals surface area contributed by atoms with Gasteiger partial charge >= 0.3 is 0 Å². The van der Waals surface area contributed by atoms with E-state index in [1.165, 1.54) is 36.3 Å². The highest BCUT2D eigenvalue weighted by Crippen LogP contribution is 2.51. The van der Waals surface area contributed by atoms with E-state index in [0.29, 0.717) is 6.54 Å². The lowest BCUT2D eigenvalue weighted by Gasteiger charge is -2.28. The van der Waals surface area contributed by atoms with Crippen molar-refractivity contribution in [3.63, 3.8) is 0 Å². The maximum absolute atomic E-state index is 11.5. The second-order valence-corrected chi connectivity index (χ2v) is 6.37. The number of carbonyl (C=O) groups is 2. The molecule has 3 rings (SSSR count). The van der Waals surface area contributed by atoms with Gasteiger partial charge in [0.15, 0.2) is 0 Å². The van der Waals surface area contributed by atoms with E-state index >= 15 is 0 Å². The largest absolute Gasteiger partial charge is 0.275 e. The molecule has 1 saturated carbocycles. The third-order valence-corrected chi connectivity index (χ3v) is 5.24. The van der Waals surface area contributed by atoms with Crippen molar-refractivity contribution in [1.82, 2.24) is 4.90 Å². The minimum absolute atomic E-state index is 0.145. The zero-order chi connectivity index (χ0) is 14.1. The van der Waals surface area contributed by atoms with Crippen LogP contribution >= 0.6 is 0 Å². The Kier molecular flexibility index (Phi) is 3.77. The SMILES string of the molecule is CCCC1C2C=CC(C2)C1CCCN1C(=O)C=CC1=O. The van der Waals surface area contributed by atoms with Crippen LogP contribution in [0.4, 0.5) is 0 Å². The number of hydrogen-bond acceptors (Lipinski definition) is 2.